The topological polar surface area (TPSA) is 76.8 Å². The Bertz CT molecular complexity index is 728. The molecule has 1 fully saturated rings. The molecule has 1 aliphatic heterocycles. The second-order valence-corrected chi connectivity index (χ2v) is 8.70. The molecular formula is C17H24N6OS2. The van der Waals surface area contributed by atoms with Gasteiger partial charge in [-0.2, -0.15) is 0 Å². The van der Waals surface area contributed by atoms with E-state index < -0.39 is 0 Å². The van der Waals surface area contributed by atoms with Gasteiger partial charge in [-0.05, 0) is 24.3 Å². The summed E-state index contributed by atoms with van der Waals surface area (Å²) in [5.74, 6) is 3.23. The molecule has 0 unspecified atom stereocenters. The molecule has 2 aromatic heterocycles. The van der Waals surface area contributed by atoms with Crippen molar-refractivity contribution in [3.63, 3.8) is 0 Å². The van der Waals surface area contributed by atoms with Gasteiger partial charge in [0, 0.05) is 32.5 Å². The zero-order valence-electron chi connectivity index (χ0n) is 15.3. The van der Waals surface area contributed by atoms with Gasteiger partial charge in [0.1, 0.15) is 5.82 Å². The molecule has 1 aliphatic rings. The van der Waals surface area contributed by atoms with Crippen LogP contribution in [0, 0.1) is 11.8 Å². The van der Waals surface area contributed by atoms with Crippen LogP contribution >= 0.6 is 23.5 Å². The summed E-state index contributed by atoms with van der Waals surface area (Å²) in [6.45, 7) is 6.15. The SMILES string of the molecule is C[C@@H]1C[C@H](C)CN(C(=O)CSc2nnc(CSc3ncccn3)n2C)C1. The van der Waals surface area contributed by atoms with Crippen LogP contribution in [-0.4, -0.2) is 54.4 Å². The number of nitrogens with zero attached hydrogens (tertiary/aromatic N) is 6. The van der Waals surface area contributed by atoms with E-state index in [0.29, 0.717) is 28.5 Å². The molecule has 0 N–H and O–H groups in total. The predicted molar refractivity (Wildman–Crippen MR) is 103 cm³/mol. The summed E-state index contributed by atoms with van der Waals surface area (Å²) in [5.41, 5.74) is 0. The van der Waals surface area contributed by atoms with Crippen molar-refractivity contribution in [2.75, 3.05) is 18.8 Å². The lowest BCUT2D eigenvalue weighted by molar-refractivity contribution is -0.130. The molecule has 0 spiro atoms. The van der Waals surface area contributed by atoms with Gasteiger partial charge < -0.3 is 9.47 Å². The van der Waals surface area contributed by atoms with E-state index in [2.05, 4.69) is 34.0 Å². The second kappa shape index (κ2) is 8.85. The largest absolute Gasteiger partial charge is 0.341 e. The Morgan fingerprint density at radius 1 is 1.15 bits per heavy atom. The third-order valence-electron chi connectivity index (χ3n) is 4.34. The number of carbonyl (C=O) groups is 1. The van der Waals surface area contributed by atoms with E-state index in [1.54, 1.807) is 18.5 Å². The zero-order valence-corrected chi connectivity index (χ0v) is 17.0. The van der Waals surface area contributed by atoms with Crippen LogP contribution in [0.3, 0.4) is 0 Å². The average Bonchev–Trinajstić information content (AvgIpc) is 2.98. The van der Waals surface area contributed by atoms with Gasteiger partial charge in [-0.1, -0.05) is 37.4 Å². The van der Waals surface area contributed by atoms with E-state index in [9.17, 15) is 4.79 Å². The van der Waals surface area contributed by atoms with E-state index in [-0.39, 0.29) is 5.91 Å². The smallest absolute Gasteiger partial charge is 0.233 e. The molecule has 3 heterocycles. The molecule has 7 nitrogen and oxygen atoms in total. The number of carbonyl (C=O) groups excluding carboxylic acids is 1. The zero-order chi connectivity index (χ0) is 18.5. The minimum atomic E-state index is 0.185. The minimum Gasteiger partial charge on any atom is -0.341 e. The Balaban J connectivity index is 1.52. The lowest BCUT2D eigenvalue weighted by Gasteiger charge is -2.34. The van der Waals surface area contributed by atoms with Crippen LogP contribution in [0.5, 0.6) is 0 Å². The van der Waals surface area contributed by atoms with Gasteiger partial charge in [-0.25, -0.2) is 9.97 Å². The van der Waals surface area contributed by atoms with E-state index >= 15 is 0 Å². The average molecular weight is 393 g/mol. The predicted octanol–water partition coefficient (Wildman–Crippen LogP) is 2.49. The summed E-state index contributed by atoms with van der Waals surface area (Å²) in [4.78, 5) is 22.9. The first-order valence-electron chi connectivity index (χ1n) is 8.71. The van der Waals surface area contributed by atoms with Crippen molar-refractivity contribution in [2.24, 2.45) is 18.9 Å². The van der Waals surface area contributed by atoms with Crippen molar-refractivity contribution < 1.29 is 4.79 Å². The maximum Gasteiger partial charge on any atom is 0.233 e. The third-order valence-corrected chi connectivity index (χ3v) is 6.22. The molecule has 0 radical (unpaired) electrons. The van der Waals surface area contributed by atoms with Crippen molar-refractivity contribution in [2.45, 2.75) is 36.3 Å². The summed E-state index contributed by atoms with van der Waals surface area (Å²) in [7, 11) is 1.93. The van der Waals surface area contributed by atoms with Crippen LogP contribution in [0.15, 0.2) is 28.8 Å². The van der Waals surface area contributed by atoms with Gasteiger partial charge in [0.05, 0.1) is 11.5 Å². The Morgan fingerprint density at radius 2 is 1.85 bits per heavy atom. The van der Waals surface area contributed by atoms with Crippen LogP contribution < -0.4 is 0 Å². The fraction of sp³-hybridized carbons (Fsp3) is 0.588. The lowest BCUT2D eigenvalue weighted by Crippen LogP contribution is -2.43. The van der Waals surface area contributed by atoms with Gasteiger partial charge in [0.2, 0.25) is 5.91 Å². The highest BCUT2D eigenvalue weighted by Crippen LogP contribution is 2.24. The van der Waals surface area contributed by atoms with Gasteiger partial charge in [-0.3, -0.25) is 4.79 Å². The molecule has 140 valence electrons. The van der Waals surface area contributed by atoms with Crippen molar-refractivity contribution in [1.82, 2.24) is 29.6 Å². The molecule has 26 heavy (non-hydrogen) atoms. The van der Waals surface area contributed by atoms with Gasteiger partial charge in [0.25, 0.3) is 0 Å². The number of hydrogen-bond acceptors (Lipinski definition) is 7. The Kier molecular flexibility index (Phi) is 6.53. The van der Waals surface area contributed by atoms with Gasteiger partial charge in [0.15, 0.2) is 10.3 Å². The first kappa shape index (κ1) is 19.2. The molecule has 2 aromatic rings. The van der Waals surface area contributed by atoms with Crippen LogP contribution in [0.2, 0.25) is 0 Å². The fourth-order valence-corrected chi connectivity index (χ4v) is 4.78. The van der Waals surface area contributed by atoms with Crippen molar-refractivity contribution in [1.29, 1.82) is 0 Å². The van der Waals surface area contributed by atoms with Gasteiger partial charge in [-0.15, -0.1) is 10.2 Å². The van der Waals surface area contributed by atoms with Crippen LogP contribution in [0.4, 0.5) is 0 Å². The maximum atomic E-state index is 12.5. The number of thioether (sulfide) groups is 2. The molecular weight excluding hydrogens is 368 g/mol. The number of likely N-dealkylation sites (tertiary alicyclic amines) is 1. The summed E-state index contributed by atoms with van der Waals surface area (Å²) < 4.78 is 1.94. The van der Waals surface area contributed by atoms with Crippen molar-refractivity contribution >= 4 is 29.4 Å². The van der Waals surface area contributed by atoms with E-state index in [1.165, 1.54) is 29.9 Å². The number of aromatic nitrogens is 5. The van der Waals surface area contributed by atoms with E-state index in [1.807, 2.05) is 16.5 Å². The standard InChI is InChI=1S/C17H24N6OS2/c1-12-7-13(2)9-23(8-12)15(24)11-26-17-21-20-14(22(17)3)10-25-16-18-5-4-6-19-16/h4-6,12-13H,7-11H2,1-3H3/t12-,13+. The molecule has 1 saturated heterocycles. The monoisotopic (exact) mass is 392 g/mol. The quantitative estimate of drug-likeness (QED) is 0.552. The second-order valence-electron chi connectivity index (χ2n) is 6.81. The summed E-state index contributed by atoms with van der Waals surface area (Å²) in [6, 6.07) is 1.79. The fourth-order valence-electron chi connectivity index (χ4n) is 3.17. The summed E-state index contributed by atoms with van der Waals surface area (Å²) in [5, 5.41) is 9.94. The highest BCUT2D eigenvalue weighted by Gasteiger charge is 2.25. The normalized spacial score (nSPS) is 20.3. The molecule has 0 aromatic carbocycles. The summed E-state index contributed by atoms with van der Waals surface area (Å²) in [6.07, 6.45) is 4.65. The number of piperidine rings is 1. The van der Waals surface area contributed by atoms with Crippen molar-refractivity contribution in [3.8, 4) is 0 Å². The first-order valence-corrected chi connectivity index (χ1v) is 10.7. The molecule has 2 atom stereocenters. The van der Waals surface area contributed by atoms with E-state index in [0.717, 1.165) is 24.1 Å². The Hall–Kier alpha value is -1.61. The first-order chi connectivity index (χ1) is 12.5. The maximum absolute atomic E-state index is 12.5. The van der Waals surface area contributed by atoms with Crippen LogP contribution in [-0.2, 0) is 17.6 Å². The number of amides is 1. The highest BCUT2D eigenvalue weighted by atomic mass is 32.2. The molecule has 1 amide bonds. The van der Waals surface area contributed by atoms with E-state index in [4.69, 9.17) is 0 Å². The molecule has 0 saturated carbocycles. The number of rotatable bonds is 6. The summed E-state index contributed by atoms with van der Waals surface area (Å²) >= 11 is 2.97. The molecule has 0 aliphatic carbocycles. The lowest BCUT2D eigenvalue weighted by atomic mass is 9.92. The van der Waals surface area contributed by atoms with Crippen molar-refractivity contribution in [3.05, 3.63) is 24.3 Å². The molecule has 3 rings (SSSR count). The van der Waals surface area contributed by atoms with Crippen LogP contribution in [0.25, 0.3) is 0 Å². The molecule has 9 heteroatoms. The van der Waals surface area contributed by atoms with Gasteiger partial charge >= 0.3 is 0 Å². The Labute approximate surface area is 162 Å². The molecule has 0 bridgehead atoms. The number of hydrogen-bond donors (Lipinski definition) is 0. The van der Waals surface area contributed by atoms with Crippen LogP contribution in [0.1, 0.15) is 26.1 Å². The highest BCUT2D eigenvalue weighted by molar-refractivity contribution is 7.99. The Morgan fingerprint density at radius 3 is 2.54 bits per heavy atom. The third kappa shape index (κ3) is 4.97. The minimum absolute atomic E-state index is 0.185.